The second kappa shape index (κ2) is 11.6. The van der Waals surface area contributed by atoms with Crippen LogP contribution in [0.15, 0.2) is 115 Å². The van der Waals surface area contributed by atoms with Crippen molar-refractivity contribution in [1.29, 1.82) is 0 Å². The topological polar surface area (TPSA) is 57.4 Å². The van der Waals surface area contributed by atoms with Crippen molar-refractivity contribution < 1.29 is 17.1 Å². The summed E-state index contributed by atoms with van der Waals surface area (Å²) in [6.45, 7) is 0. The Hall–Kier alpha value is -4.93. The Balaban J connectivity index is 0.000000142. The summed E-state index contributed by atoms with van der Waals surface area (Å²) in [7, 11) is 0. The maximum atomic E-state index is 6.39. The van der Waals surface area contributed by atoms with Gasteiger partial charge in [-0.15, -0.1) is 0 Å². The van der Waals surface area contributed by atoms with Crippen LogP contribution in [0, 0.1) is 0 Å². The molecule has 0 radical (unpaired) electrons. The number of fused-ring (bicyclic) bond motifs is 12. The zero-order chi connectivity index (χ0) is 28.8. The van der Waals surface area contributed by atoms with Crippen LogP contribution in [0.5, 0.6) is 0 Å². The largest absolute Gasteiger partial charge is 0.355 e. The maximum Gasteiger partial charge on any atom is 0.0658 e. The summed E-state index contributed by atoms with van der Waals surface area (Å²) in [4.78, 5) is 16.0. The Morgan fingerprint density at radius 3 is 1.41 bits per heavy atom. The molecule has 2 aliphatic rings. The number of nitrogens with one attached hydrogen (secondary N) is 2. The number of nitrogens with zero attached hydrogens (tertiary/aromatic N) is 2. The van der Waals surface area contributed by atoms with E-state index in [0.717, 1.165) is 55.3 Å². The van der Waals surface area contributed by atoms with Gasteiger partial charge in [-0.2, -0.15) is 0 Å². The van der Waals surface area contributed by atoms with Crippen molar-refractivity contribution in [2.24, 2.45) is 0 Å². The van der Waals surface area contributed by atoms with E-state index in [1.54, 1.807) is 0 Å². The smallest absolute Gasteiger partial charge is 0.0658 e. The van der Waals surface area contributed by atoms with E-state index in [-0.39, 0.29) is 17.1 Å². The molecule has 7 aromatic rings. The Labute approximate surface area is 269 Å². The van der Waals surface area contributed by atoms with Gasteiger partial charge < -0.3 is 9.97 Å². The molecule has 0 unspecified atom stereocenters. The Morgan fingerprint density at radius 1 is 0.432 bits per heavy atom. The number of H-pyrrole nitrogens is 2. The molecule has 0 amide bonds. The fourth-order valence-corrected chi connectivity index (χ4v) is 5.98. The van der Waals surface area contributed by atoms with Crippen molar-refractivity contribution in [3.63, 3.8) is 0 Å². The predicted octanol–water partition coefficient (Wildman–Crippen LogP) is 10.5. The van der Waals surface area contributed by atoms with E-state index >= 15 is 0 Å². The number of aromatic amines is 2. The number of rotatable bonds is 0. The van der Waals surface area contributed by atoms with Crippen LogP contribution >= 0.6 is 11.6 Å². The third kappa shape index (κ3) is 5.57. The molecule has 5 heterocycles. The van der Waals surface area contributed by atoms with Gasteiger partial charge in [0.25, 0.3) is 0 Å². The molecule has 0 saturated heterocycles. The monoisotopic (exact) mass is 628 g/mol. The first kappa shape index (κ1) is 27.9. The molecule has 4 aromatic carbocycles. The molecule has 0 atom stereocenters. The molecule has 0 saturated carbocycles. The van der Waals surface area contributed by atoms with E-state index in [2.05, 4.69) is 98.8 Å². The van der Waals surface area contributed by atoms with Gasteiger partial charge in [0.2, 0.25) is 0 Å². The summed E-state index contributed by atoms with van der Waals surface area (Å²) in [5.41, 5.74) is 7.86. The zero-order valence-corrected chi connectivity index (χ0v) is 25.3. The second-order valence-electron chi connectivity index (χ2n) is 10.7. The first-order valence-corrected chi connectivity index (χ1v) is 14.6. The maximum absolute atomic E-state index is 6.39. The number of hydrogen-bond donors (Lipinski definition) is 2. The number of halogens is 1. The summed E-state index contributed by atoms with van der Waals surface area (Å²) < 4.78 is 0. The molecule has 0 spiro atoms. The molecule has 6 heteroatoms. The molecular weight excluding hydrogens is 604 g/mol. The molecular formula is C38H25ClFeN4. The van der Waals surface area contributed by atoms with E-state index in [1.807, 2.05) is 60.7 Å². The second-order valence-corrected chi connectivity index (χ2v) is 11.1. The summed E-state index contributed by atoms with van der Waals surface area (Å²) >= 11 is 6.39. The number of aromatic nitrogens is 4. The molecule has 4 nitrogen and oxygen atoms in total. The Bertz CT molecular complexity index is 2260. The van der Waals surface area contributed by atoms with Crippen LogP contribution in [0.3, 0.4) is 0 Å². The Kier molecular flexibility index (Phi) is 7.37. The molecule has 3 aromatic heterocycles. The van der Waals surface area contributed by atoms with Gasteiger partial charge in [0.05, 0.1) is 22.8 Å². The van der Waals surface area contributed by atoms with E-state index in [9.17, 15) is 0 Å². The molecule has 212 valence electrons. The van der Waals surface area contributed by atoms with Crippen LogP contribution in [-0.2, 0) is 17.1 Å². The normalized spacial score (nSPS) is 11.8. The van der Waals surface area contributed by atoms with Crippen LogP contribution in [0.2, 0.25) is 5.02 Å². The first-order valence-electron chi connectivity index (χ1n) is 14.2. The molecule has 0 aliphatic carbocycles. The van der Waals surface area contributed by atoms with Gasteiger partial charge in [0, 0.05) is 49.5 Å². The fraction of sp³-hybridized carbons (Fsp3) is 0. The van der Waals surface area contributed by atoms with Crippen molar-refractivity contribution in [1.82, 2.24) is 19.9 Å². The van der Waals surface area contributed by atoms with E-state index < -0.39 is 0 Å². The average molecular weight is 629 g/mol. The molecule has 44 heavy (non-hydrogen) atoms. The van der Waals surface area contributed by atoms with Crippen molar-refractivity contribution in [2.75, 3.05) is 0 Å². The van der Waals surface area contributed by atoms with Gasteiger partial charge in [-0.1, -0.05) is 60.1 Å². The van der Waals surface area contributed by atoms with Crippen LogP contribution in [-0.4, -0.2) is 19.9 Å². The van der Waals surface area contributed by atoms with E-state index in [4.69, 9.17) is 11.6 Å². The van der Waals surface area contributed by atoms with Crippen LogP contribution in [0.4, 0.5) is 0 Å². The van der Waals surface area contributed by atoms with Gasteiger partial charge in [-0.25, -0.2) is 9.97 Å². The summed E-state index contributed by atoms with van der Waals surface area (Å²) in [5.74, 6) is 0. The minimum Gasteiger partial charge on any atom is -0.355 e. The number of benzene rings is 4. The summed E-state index contributed by atoms with van der Waals surface area (Å²) in [5, 5.41) is 8.13. The third-order valence-electron chi connectivity index (χ3n) is 7.72. The molecule has 2 aliphatic heterocycles. The predicted molar refractivity (Wildman–Crippen MR) is 183 cm³/mol. The van der Waals surface area contributed by atoms with Gasteiger partial charge in [0.1, 0.15) is 0 Å². The minimum absolute atomic E-state index is 0. The van der Waals surface area contributed by atoms with Crippen molar-refractivity contribution >= 4 is 90.3 Å². The first-order chi connectivity index (χ1) is 21.1. The summed E-state index contributed by atoms with van der Waals surface area (Å²) in [6.07, 6.45) is 8.09. The van der Waals surface area contributed by atoms with Crippen LogP contribution < -0.4 is 0 Å². The fourth-order valence-electron chi connectivity index (χ4n) is 5.70. The SMILES string of the molecule is C1=Cc2cc3ccc(cc4nc(cc5ccc(cc1n2)[nH]5)C=C4)[nH]3.Clc1cccc2ccc3cc4ccccc4cc3c12.[Fe]. The van der Waals surface area contributed by atoms with Gasteiger partial charge in [0.15, 0.2) is 0 Å². The van der Waals surface area contributed by atoms with Crippen LogP contribution in [0.25, 0.3) is 78.7 Å². The number of hydrogen-bond acceptors (Lipinski definition) is 2. The van der Waals surface area contributed by atoms with Crippen molar-refractivity contribution in [2.45, 2.75) is 0 Å². The van der Waals surface area contributed by atoms with Gasteiger partial charge in [-0.3, -0.25) is 0 Å². The van der Waals surface area contributed by atoms with Crippen molar-refractivity contribution in [3.8, 4) is 0 Å². The average Bonchev–Trinajstić information content (AvgIpc) is 3.83. The standard InChI is InChI=1S/C20H14N4.C18H11Cl.Fe/c1-2-14-10-16-5-6-18(23-16)12-20-8-7-19(24-20)11-17-4-3-15(22-17)9-13(1)21-14;19-17-7-3-6-12-8-9-15-10-13-4-1-2-5-14(13)11-16(15)18(12)17;/h1-12,21,24H;1-11H;. The quantitative estimate of drug-likeness (QED) is 0.0997. The van der Waals surface area contributed by atoms with E-state index in [0.29, 0.717) is 0 Å². The third-order valence-corrected chi connectivity index (χ3v) is 8.03. The van der Waals surface area contributed by atoms with Gasteiger partial charge in [-0.05, 0) is 118 Å². The molecule has 9 rings (SSSR count). The molecule has 0 fully saturated rings. The Morgan fingerprint density at radius 2 is 0.886 bits per heavy atom. The molecule has 8 bridgehead atoms. The molecule has 2 N–H and O–H groups in total. The van der Waals surface area contributed by atoms with Crippen LogP contribution in [0.1, 0.15) is 22.8 Å². The van der Waals surface area contributed by atoms with Crippen molar-refractivity contribution in [3.05, 3.63) is 143 Å². The zero-order valence-electron chi connectivity index (χ0n) is 23.4. The summed E-state index contributed by atoms with van der Waals surface area (Å²) in [6, 6.07) is 39.6. The van der Waals surface area contributed by atoms with E-state index in [1.165, 1.54) is 26.9 Å². The van der Waals surface area contributed by atoms with Gasteiger partial charge >= 0.3 is 0 Å². The minimum atomic E-state index is 0.